The van der Waals surface area contributed by atoms with Crippen LogP contribution in [0.1, 0.15) is 28.1 Å². The molecule has 18 nitrogen and oxygen atoms in total. The molecule has 0 unspecified atom stereocenters. The highest BCUT2D eigenvalue weighted by molar-refractivity contribution is 7.93. The van der Waals surface area contributed by atoms with E-state index in [1.54, 1.807) is 79.7 Å². The monoisotopic (exact) mass is 964 g/mol. The normalized spacial score (nSPS) is 11.3. The van der Waals surface area contributed by atoms with Crippen molar-refractivity contribution in [2.45, 2.75) is 43.3 Å². The first-order valence-electron chi connectivity index (χ1n) is 21.2. The second-order valence-electron chi connectivity index (χ2n) is 15.4. The summed E-state index contributed by atoms with van der Waals surface area (Å²) < 4.78 is 56.8. The average molecular weight is 965 g/mol. The number of hydrogen-bond acceptors (Lipinski definition) is 14. The molecule has 9 rings (SSSR count). The van der Waals surface area contributed by atoms with E-state index in [0.717, 1.165) is 16.7 Å². The number of sulfonamides is 2. The van der Waals surface area contributed by atoms with Crippen LogP contribution in [-0.4, -0.2) is 51.4 Å². The Balaban J connectivity index is 0.000000190. The third kappa shape index (κ3) is 11.2. The van der Waals surface area contributed by atoms with Crippen LogP contribution in [0, 0.1) is 13.8 Å². The number of fused-ring (bicyclic) bond motifs is 2. The van der Waals surface area contributed by atoms with E-state index in [9.17, 15) is 31.6 Å². The van der Waals surface area contributed by atoms with Gasteiger partial charge < -0.3 is 20.7 Å². The van der Waals surface area contributed by atoms with Crippen LogP contribution in [0.3, 0.4) is 0 Å². The van der Waals surface area contributed by atoms with Gasteiger partial charge in [-0.05, 0) is 79.1 Å². The molecule has 0 radical (unpaired) electrons. The summed E-state index contributed by atoms with van der Waals surface area (Å²) in [5, 5.41) is 17.6. The van der Waals surface area contributed by atoms with Crippen LogP contribution in [0.2, 0.25) is 0 Å². The Morgan fingerprint density at radius 2 is 0.942 bits per heavy atom. The molecule has 0 saturated heterocycles. The van der Waals surface area contributed by atoms with Gasteiger partial charge in [0.15, 0.2) is 11.3 Å². The van der Waals surface area contributed by atoms with Crippen molar-refractivity contribution in [3.8, 4) is 0 Å². The maximum atomic E-state index is 13.0. The molecule has 5 N–H and O–H groups in total. The topological polar surface area (TPSA) is 241 Å². The van der Waals surface area contributed by atoms with E-state index in [1.807, 2.05) is 49.4 Å². The molecule has 0 saturated carbocycles. The SMILES string of the molecule is Cc1ncnc2c1c(NCc1ccc(NS(=O)(=O)c3ccccc3)cc1)cc(=O)n2O.Cc1ncnc2c1c(NCc1ccc(NS(=O)(=O)c3ccccc3)cc1)cc(=O)n2OCc1ccccc1. The average Bonchev–Trinajstić information content (AvgIpc) is 3.35. The minimum absolute atomic E-state index is 0.119. The molecule has 0 amide bonds. The van der Waals surface area contributed by atoms with Crippen LogP contribution in [0.4, 0.5) is 22.7 Å². The van der Waals surface area contributed by atoms with E-state index in [1.165, 1.54) is 53.8 Å². The number of aryl methyl sites for hydroxylation is 2. The van der Waals surface area contributed by atoms with Gasteiger partial charge in [-0.2, -0.15) is 0 Å². The molecule has 5 aromatic carbocycles. The largest absolute Gasteiger partial charge is 0.423 e. The number of hydrogen-bond donors (Lipinski definition) is 5. The molecule has 9 aromatic rings. The summed E-state index contributed by atoms with van der Waals surface area (Å²) >= 11 is 0. The standard InChI is InChI=1S/C28H25N5O4S.C21H19N5O4S/c1-20-27-25(16-26(34)33(28(27)31-19-30-20)37-18-22-8-4-2-5-9-22)29-17-21-12-14-23(15-13-21)32-38(35,36)24-10-6-3-7-11-24;1-14-20-18(11-19(27)26(28)21(20)24-13-23-14)22-12-15-7-9-16(10-8-15)25-31(29,30)17-5-3-2-4-6-17/h2-16,19,29,32H,17-18H2,1H3;2-11,13,22,25,28H,12H2,1H3. The minimum atomic E-state index is -3.67. The fourth-order valence-corrected chi connectivity index (χ4v) is 9.27. The molecule has 0 bridgehead atoms. The highest BCUT2D eigenvalue weighted by atomic mass is 32.2. The quantitative estimate of drug-likeness (QED) is 0.0658. The molecule has 4 aromatic heterocycles. The van der Waals surface area contributed by atoms with Gasteiger partial charge >= 0.3 is 0 Å². The summed E-state index contributed by atoms with van der Waals surface area (Å²) in [6.45, 7) is 4.57. The van der Waals surface area contributed by atoms with Crippen molar-refractivity contribution < 1.29 is 26.9 Å². The van der Waals surface area contributed by atoms with Gasteiger partial charge in [0.1, 0.15) is 19.3 Å². The van der Waals surface area contributed by atoms with Gasteiger partial charge in [-0.25, -0.2) is 36.8 Å². The van der Waals surface area contributed by atoms with Crippen molar-refractivity contribution in [2.24, 2.45) is 0 Å². The number of anilines is 4. The molecule has 0 fully saturated rings. The summed E-state index contributed by atoms with van der Waals surface area (Å²) in [5.74, 6) is 0. The molecule has 4 heterocycles. The zero-order valence-corrected chi connectivity index (χ0v) is 38.6. The fourth-order valence-electron chi connectivity index (χ4n) is 7.11. The molecule has 0 aliphatic heterocycles. The highest BCUT2D eigenvalue weighted by Crippen LogP contribution is 2.25. The third-order valence-electron chi connectivity index (χ3n) is 10.6. The van der Waals surface area contributed by atoms with Crippen LogP contribution in [0.15, 0.2) is 184 Å². The third-order valence-corrected chi connectivity index (χ3v) is 13.4. The Kier molecular flexibility index (Phi) is 13.9. The summed E-state index contributed by atoms with van der Waals surface area (Å²) in [6, 6.07) is 42.5. The lowest BCUT2D eigenvalue weighted by Gasteiger charge is -2.15. The van der Waals surface area contributed by atoms with Gasteiger partial charge in [0.2, 0.25) is 0 Å². The van der Waals surface area contributed by atoms with Crippen molar-refractivity contribution in [1.29, 1.82) is 0 Å². The first kappa shape index (κ1) is 46.9. The number of rotatable bonds is 15. The van der Waals surface area contributed by atoms with Crippen LogP contribution in [0.25, 0.3) is 22.1 Å². The number of nitrogens with zero attached hydrogens (tertiary/aromatic N) is 6. The summed E-state index contributed by atoms with van der Waals surface area (Å²) in [4.78, 5) is 47.9. The predicted octanol–water partition coefficient (Wildman–Crippen LogP) is 6.89. The summed E-state index contributed by atoms with van der Waals surface area (Å²) in [5.41, 5.74) is 5.46. The van der Waals surface area contributed by atoms with Gasteiger partial charge in [0, 0.05) is 36.6 Å². The maximum absolute atomic E-state index is 13.0. The zero-order chi connectivity index (χ0) is 48.5. The van der Waals surface area contributed by atoms with Crippen molar-refractivity contribution in [3.63, 3.8) is 0 Å². The van der Waals surface area contributed by atoms with Crippen LogP contribution >= 0.6 is 0 Å². The Morgan fingerprint density at radius 1 is 0.522 bits per heavy atom. The molecule has 20 heteroatoms. The minimum Gasteiger partial charge on any atom is -0.423 e. The van der Waals surface area contributed by atoms with Crippen molar-refractivity contribution in [2.75, 3.05) is 20.1 Å². The van der Waals surface area contributed by atoms with E-state index in [2.05, 4.69) is 40.0 Å². The number of nitrogens with one attached hydrogen (secondary N) is 4. The predicted molar refractivity (Wildman–Crippen MR) is 263 cm³/mol. The molecule has 0 spiro atoms. The maximum Gasteiger partial charge on any atom is 0.287 e. The van der Waals surface area contributed by atoms with Gasteiger partial charge in [0.25, 0.3) is 31.2 Å². The van der Waals surface area contributed by atoms with Crippen molar-refractivity contribution in [1.82, 2.24) is 29.4 Å². The molecule has 69 heavy (non-hydrogen) atoms. The van der Waals surface area contributed by atoms with E-state index in [0.29, 0.717) is 68.4 Å². The molecular formula is C49H44N10O8S2. The van der Waals surface area contributed by atoms with E-state index >= 15 is 0 Å². The second kappa shape index (κ2) is 20.5. The smallest absolute Gasteiger partial charge is 0.287 e. The van der Waals surface area contributed by atoms with Crippen LogP contribution in [-0.2, 0) is 39.7 Å². The molecule has 0 aliphatic carbocycles. The summed E-state index contributed by atoms with van der Waals surface area (Å²) in [6.07, 6.45) is 2.68. The first-order valence-corrected chi connectivity index (χ1v) is 24.1. The lowest BCUT2D eigenvalue weighted by atomic mass is 10.2. The van der Waals surface area contributed by atoms with Crippen LogP contribution < -0.4 is 36.0 Å². The second-order valence-corrected chi connectivity index (χ2v) is 18.8. The molecule has 0 atom stereocenters. The molecule has 0 aliphatic rings. The lowest BCUT2D eigenvalue weighted by molar-refractivity contribution is 0.0979. The number of pyridine rings is 2. The Bertz CT molecular complexity index is 3600. The van der Waals surface area contributed by atoms with Gasteiger partial charge in [0.05, 0.1) is 43.3 Å². The van der Waals surface area contributed by atoms with E-state index in [-0.39, 0.29) is 27.6 Å². The number of benzene rings is 5. The van der Waals surface area contributed by atoms with Gasteiger partial charge in [-0.3, -0.25) is 19.0 Å². The lowest BCUT2D eigenvalue weighted by Crippen LogP contribution is -2.28. The van der Waals surface area contributed by atoms with Gasteiger partial charge in [-0.1, -0.05) is 91.0 Å². The fraction of sp³-hybridized carbons (Fsp3) is 0.102. The van der Waals surface area contributed by atoms with Crippen molar-refractivity contribution in [3.05, 3.63) is 213 Å². The Labute approximate surface area is 396 Å². The van der Waals surface area contributed by atoms with Gasteiger partial charge in [-0.15, -0.1) is 9.46 Å². The molecule has 350 valence electrons. The highest BCUT2D eigenvalue weighted by Gasteiger charge is 2.17. The first-order chi connectivity index (χ1) is 33.3. The Hall–Kier alpha value is -8.62. The van der Waals surface area contributed by atoms with Crippen LogP contribution in [0.5, 0.6) is 0 Å². The van der Waals surface area contributed by atoms with E-state index in [4.69, 9.17) is 4.84 Å². The van der Waals surface area contributed by atoms with Crippen molar-refractivity contribution >= 4 is 64.9 Å². The number of aromatic nitrogens is 6. The Morgan fingerprint density at radius 3 is 1.42 bits per heavy atom. The zero-order valence-electron chi connectivity index (χ0n) is 37.0. The van der Waals surface area contributed by atoms with E-state index < -0.39 is 25.6 Å². The summed E-state index contributed by atoms with van der Waals surface area (Å²) in [7, 11) is -7.33. The molecular weight excluding hydrogens is 921 g/mol.